The third kappa shape index (κ3) is 7.00. The van der Waals surface area contributed by atoms with Gasteiger partial charge in [0.25, 0.3) is 0 Å². The van der Waals surface area contributed by atoms with Gasteiger partial charge in [-0.15, -0.1) is 0 Å². The van der Waals surface area contributed by atoms with Crippen molar-refractivity contribution in [1.29, 1.82) is 0 Å². The average Bonchev–Trinajstić information content (AvgIpc) is 3.91. The lowest BCUT2D eigenvalue weighted by molar-refractivity contribution is 0.532. The van der Waals surface area contributed by atoms with Crippen molar-refractivity contribution in [2.45, 2.75) is 12.3 Å². The average molecular weight is 810 g/mol. The van der Waals surface area contributed by atoms with Crippen LogP contribution in [0.4, 0.5) is 11.4 Å². The lowest BCUT2D eigenvalue weighted by atomic mass is 9.88. The summed E-state index contributed by atoms with van der Waals surface area (Å²) in [6.45, 7) is 8.51. The Balaban J connectivity index is 1.00. The van der Waals surface area contributed by atoms with Gasteiger partial charge in [-0.25, -0.2) is 0 Å². The molecule has 0 N–H and O–H groups in total. The normalized spacial score (nSPS) is 14.9. The van der Waals surface area contributed by atoms with Gasteiger partial charge in [0.1, 0.15) is 22.5 Å². The third-order valence-corrected chi connectivity index (χ3v) is 12.4. The van der Waals surface area contributed by atoms with E-state index < -0.39 is 0 Å². The largest absolute Gasteiger partial charge is 0.460 e. The molecule has 1 atom stereocenters. The van der Waals surface area contributed by atoms with Crippen molar-refractivity contribution < 1.29 is 8.83 Å². The second-order valence-corrected chi connectivity index (χ2v) is 16.2. The summed E-state index contributed by atoms with van der Waals surface area (Å²) in [6.07, 6.45) is 15.8. The smallest absolute Gasteiger partial charge is 0.143 e. The van der Waals surface area contributed by atoms with Crippen LogP contribution in [0.3, 0.4) is 0 Å². The van der Waals surface area contributed by atoms with Crippen molar-refractivity contribution in [3.8, 4) is 11.1 Å². The molecule has 2 aromatic heterocycles. The summed E-state index contributed by atoms with van der Waals surface area (Å²) >= 11 is 0. The number of hydrogen-bond donors (Lipinski definition) is 0. The van der Waals surface area contributed by atoms with Crippen LogP contribution in [0, 0.1) is 10.4 Å². The molecule has 8 aromatic carbocycles. The van der Waals surface area contributed by atoms with E-state index in [1.165, 1.54) is 21.9 Å². The van der Waals surface area contributed by atoms with E-state index in [4.69, 9.17) is 8.83 Å². The molecule has 0 saturated heterocycles. The summed E-state index contributed by atoms with van der Waals surface area (Å²) in [5.74, 6) is 1.26. The van der Waals surface area contributed by atoms with Gasteiger partial charge in [-0.3, -0.25) is 0 Å². The van der Waals surface area contributed by atoms with E-state index in [-0.39, 0.29) is 5.92 Å². The molecule has 1 aliphatic carbocycles. The molecule has 0 spiro atoms. The summed E-state index contributed by atoms with van der Waals surface area (Å²) in [5, 5.41) is 10.0. The zero-order valence-corrected chi connectivity index (χ0v) is 34.7. The molecule has 3 heteroatoms. The molecule has 2 heterocycles. The van der Waals surface area contributed by atoms with Gasteiger partial charge >= 0.3 is 0 Å². The van der Waals surface area contributed by atoms with Gasteiger partial charge in [0.2, 0.25) is 0 Å². The van der Waals surface area contributed by atoms with Crippen LogP contribution in [-0.4, -0.2) is 0 Å². The van der Waals surface area contributed by atoms with Crippen molar-refractivity contribution in [3.05, 3.63) is 256 Å². The highest BCUT2D eigenvalue weighted by Crippen LogP contribution is 2.41. The molecule has 0 aliphatic heterocycles. The molecule has 0 fully saturated rings. The zero-order chi connectivity index (χ0) is 42.3. The SMILES string of the molecule is C=CC(=C\C=C\N(c1ccc(C2C=Cc3c(oc4ccccc34)C2)cc1)c1ccccc1-c1ccc2oc3c4ccccc4ccc3c2c1)/C=c1\cccc\c1=c1/ccccc1=C. The first-order valence-electron chi connectivity index (χ1n) is 21.5. The number of fused-ring (bicyclic) bond motifs is 8. The third-order valence-electron chi connectivity index (χ3n) is 12.4. The predicted molar refractivity (Wildman–Crippen MR) is 264 cm³/mol. The number of para-hydroxylation sites is 2. The Labute approximate surface area is 365 Å². The van der Waals surface area contributed by atoms with Gasteiger partial charge in [0.15, 0.2) is 0 Å². The maximum atomic E-state index is 6.51. The Bertz CT molecular complexity index is 3710. The molecule has 0 bridgehead atoms. The molecule has 63 heavy (non-hydrogen) atoms. The van der Waals surface area contributed by atoms with Crippen molar-refractivity contribution in [1.82, 2.24) is 0 Å². The van der Waals surface area contributed by atoms with E-state index >= 15 is 0 Å². The number of allylic oxidation sites excluding steroid dienone is 5. The minimum atomic E-state index is 0.212. The van der Waals surface area contributed by atoms with Crippen LogP contribution in [0.5, 0.6) is 0 Å². The van der Waals surface area contributed by atoms with Crippen LogP contribution < -0.4 is 15.3 Å². The molecule has 10 aromatic rings. The second kappa shape index (κ2) is 16.0. The van der Waals surface area contributed by atoms with Crippen LogP contribution in [0.15, 0.2) is 227 Å². The van der Waals surface area contributed by atoms with Crippen molar-refractivity contribution in [3.63, 3.8) is 0 Å². The van der Waals surface area contributed by atoms with E-state index in [1.54, 1.807) is 0 Å². The molecule has 1 unspecified atom stereocenters. The molecule has 3 nitrogen and oxygen atoms in total. The fraction of sp³-hybridized carbons (Fsp3) is 0.0333. The van der Waals surface area contributed by atoms with Crippen molar-refractivity contribution >= 4 is 73.8 Å². The Hall–Kier alpha value is -8.14. The van der Waals surface area contributed by atoms with Crippen LogP contribution in [0.25, 0.3) is 73.5 Å². The number of nitrogens with zero attached hydrogens (tertiary/aromatic N) is 1. The van der Waals surface area contributed by atoms with Gasteiger partial charge in [0.05, 0.1) is 5.69 Å². The first-order valence-corrected chi connectivity index (χ1v) is 21.5. The summed E-state index contributed by atoms with van der Waals surface area (Å²) < 4.78 is 12.8. The minimum absolute atomic E-state index is 0.212. The maximum Gasteiger partial charge on any atom is 0.143 e. The predicted octanol–water partition coefficient (Wildman–Crippen LogP) is 14.4. The van der Waals surface area contributed by atoms with Gasteiger partial charge in [0, 0.05) is 56.9 Å². The Kier molecular flexibility index (Phi) is 9.63. The Morgan fingerprint density at radius 3 is 2.25 bits per heavy atom. The van der Waals surface area contributed by atoms with Crippen molar-refractivity contribution in [2.24, 2.45) is 0 Å². The van der Waals surface area contributed by atoms with E-state index in [2.05, 4.69) is 218 Å². The maximum absolute atomic E-state index is 6.51. The fourth-order valence-corrected chi connectivity index (χ4v) is 9.19. The van der Waals surface area contributed by atoms with Crippen LogP contribution in [0.2, 0.25) is 0 Å². The molecule has 0 radical (unpaired) electrons. The zero-order valence-electron chi connectivity index (χ0n) is 34.7. The number of furan rings is 2. The number of rotatable bonds is 8. The number of anilines is 2. The molecule has 0 amide bonds. The number of hydrogen-bond acceptors (Lipinski definition) is 3. The van der Waals surface area contributed by atoms with Gasteiger partial charge in [-0.2, -0.15) is 0 Å². The number of benzene rings is 8. The van der Waals surface area contributed by atoms with E-state index in [9.17, 15) is 0 Å². The van der Waals surface area contributed by atoms with Crippen LogP contribution in [-0.2, 0) is 6.42 Å². The molecular weight excluding hydrogens is 767 g/mol. The minimum Gasteiger partial charge on any atom is -0.460 e. The second-order valence-electron chi connectivity index (χ2n) is 16.2. The monoisotopic (exact) mass is 809 g/mol. The molecular formula is C60H43NO2. The molecule has 300 valence electrons. The van der Waals surface area contributed by atoms with E-state index in [0.717, 1.165) is 94.0 Å². The Morgan fingerprint density at radius 1 is 0.635 bits per heavy atom. The highest BCUT2D eigenvalue weighted by Gasteiger charge is 2.22. The molecule has 1 aliphatic rings. The van der Waals surface area contributed by atoms with E-state index in [0.29, 0.717) is 0 Å². The van der Waals surface area contributed by atoms with Gasteiger partial charge in [-0.05, 0) is 97.6 Å². The summed E-state index contributed by atoms with van der Waals surface area (Å²) in [5.41, 5.74) is 10.5. The lowest BCUT2D eigenvalue weighted by Gasteiger charge is -2.25. The van der Waals surface area contributed by atoms with Crippen LogP contribution >= 0.6 is 0 Å². The molecule has 0 saturated carbocycles. The van der Waals surface area contributed by atoms with Crippen molar-refractivity contribution in [2.75, 3.05) is 4.90 Å². The summed E-state index contributed by atoms with van der Waals surface area (Å²) in [6, 6.07) is 61.9. The standard InChI is InChI=1S/C60H43NO2/c1-3-41(37-45-18-6-8-20-49(45)48-19-7-4-15-40(48)2)16-14-36-61(47-31-26-42(27-32-47)44-29-33-53-52-23-11-13-25-57(52)62-59(53)39-44)56-24-12-10-21-50(56)46-30-35-58-55(38-46)54-34-28-43-17-5-9-22-51(43)60(54)63-58/h3-38,44H,1-2,39H2/b36-14+,41-16+,45-37+,49-48-. The van der Waals surface area contributed by atoms with Gasteiger partial charge in [-0.1, -0.05) is 171 Å². The summed E-state index contributed by atoms with van der Waals surface area (Å²) in [4.78, 5) is 2.28. The highest BCUT2D eigenvalue weighted by atomic mass is 16.3. The quantitative estimate of drug-likeness (QED) is 0.143. The first kappa shape index (κ1) is 37.8. The summed E-state index contributed by atoms with van der Waals surface area (Å²) in [7, 11) is 0. The van der Waals surface area contributed by atoms with Gasteiger partial charge < -0.3 is 13.7 Å². The highest BCUT2D eigenvalue weighted by molar-refractivity contribution is 6.15. The molecule has 11 rings (SSSR count). The lowest BCUT2D eigenvalue weighted by Crippen LogP contribution is -2.10. The van der Waals surface area contributed by atoms with E-state index in [1.807, 2.05) is 18.2 Å². The fourth-order valence-electron chi connectivity index (χ4n) is 9.19. The Morgan fingerprint density at radius 2 is 1.38 bits per heavy atom. The topological polar surface area (TPSA) is 29.5 Å². The van der Waals surface area contributed by atoms with Crippen LogP contribution in [0.1, 0.15) is 22.8 Å². The first-order chi connectivity index (χ1) is 31.1.